The first-order valence-electron chi connectivity index (χ1n) is 6.31. The van der Waals surface area contributed by atoms with E-state index in [-0.39, 0.29) is 5.69 Å². The first-order valence-corrected chi connectivity index (χ1v) is 6.68. The largest absolute Gasteiger partial charge is 0.365 e. The fraction of sp³-hybridized carbons (Fsp3) is 0.538. The number of halogens is 1. The minimum Gasteiger partial charge on any atom is -0.365 e. The van der Waals surface area contributed by atoms with Crippen LogP contribution >= 0.6 is 11.6 Å². The number of non-ortho nitro benzene ring substituents is 1. The molecule has 1 aliphatic heterocycles. The second kappa shape index (κ2) is 5.35. The predicted octanol–water partition coefficient (Wildman–Crippen LogP) is 2.78. The summed E-state index contributed by atoms with van der Waals surface area (Å²) in [5.74, 6) is 0. The minimum absolute atomic E-state index is 0.0311. The topological polar surface area (TPSA) is 49.6 Å². The molecule has 1 heterocycles. The van der Waals surface area contributed by atoms with Crippen molar-refractivity contribution in [3.63, 3.8) is 0 Å². The number of hydrogen-bond donors (Lipinski definition) is 0. The summed E-state index contributed by atoms with van der Waals surface area (Å²) in [4.78, 5) is 14.8. The van der Waals surface area contributed by atoms with Crippen molar-refractivity contribution in [3.05, 3.63) is 33.3 Å². The van der Waals surface area contributed by atoms with E-state index in [4.69, 9.17) is 11.6 Å². The number of anilines is 1. The molecule has 0 unspecified atom stereocenters. The van der Waals surface area contributed by atoms with E-state index in [2.05, 4.69) is 30.7 Å². The lowest BCUT2D eigenvalue weighted by Gasteiger charge is -2.44. The molecule has 0 N–H and O–H groups in total. The molecular weight excluding hydrogens is 266 g/mol. The Hall–Kier alpha value is -1.33. The molecule has 0 aliphatic carbocycles. The number of nitro benzene ring substituents is 1. The van der Waals surface area contributed by atoms with Gasteiger partial charge in [-0.05, 0) is 27.0 Å². The van der Waals surface area contributed by atoms with Crippen molar-refractivity contribution in [2.24, 2.45) is 0 Å². The van der Waals surface area contributed by atoms with Crippen molar-refractivity contribution < 1.29 is 4.92 Å². The van der Waals surface area contributed by atoms with Crippen molar-refractivity contribution >= 4 is 23.0 Å². The molecule has 1 saturated heterocycles. The molecule has 104 valence electrons. The molecule has 1 fully saturated rings. The molecule has 0 amide bonds. The average Bonchev–Trinajstić information content (AvgIpc) is 2.34. The number of benzene rings is 1. The van der Waals surface area contributed by atoms with Gasteiger partial charge in [-0.25, -0.2) is 0 Å². The molecule has 2 rings (SSSR count). The quantitative estimate of drug-likeness (QED) is 0.619. The molecule has 19 heavy (non-hydrogen) atoms. The van der Waals surface area contributed by atoms with Gasteiger partial charge in [0, 0.05) is 37.3 Å². The highest BCUT2D eigenvalue weighted by molar-refractivity contribution is 6.33. The van der Waals surface area contributed by atoms with E-state index in [1.54, 1.807) is 6.07 Å². The van der Waals surface area contributed by atoms with Gasteiger partial charge in [0.05, 0.1) is 15.6 Å². The van der Waals surface area contributed by atoms with E-state index in [0.717, 1.165) is 18.8 Å². The number of rotatable bonds is 2. The van der Waals surface area contributed by atoms with Crippen LogP contribution in [0.4, 0.5) is 11.4 Å². The van der Waals surface area contributed by atoms with Gasteiger partial charge in [0.25, 0.3) is 5.69 Å². The number of hydrogen-bond acceptors (Lipinski definition) is 4. The Kier molecular flexibility index (Phi) is 3.96. The molecule has 6 heteroatoms. The van der Waals surface area contributed by atoms with Crippen molar-refractivity contribution in [2.45, 2.75) is 25.9 Å². The van der Waals surface area contributed by atoms with Gasteiger partial charge in [-0.2, -0.15) is 0 Å². The van der Waals surface area contributed by atoms with E-state index in [9.17, 15) is 10.1 Å². The Morgan fingerprint density at radius 3 is 2.58 bits per heavy atom. The third-order valence-electron chi connectivity index (χ3n) is 3.75. The maximum absolute atomic E-state index is 10.7. The van der Waals surface area contributed by atoms with E-state index in [1.165, 1.54) is 12.1 Å². The van der Waals surface area contributed by atoms with Crippen LogP contribution < -0.4 is 4.90 Å². The summed E-state index contributed by atoms with van der Waals surface area (Å²) in [5, 5.41) is 11.2. The van der Waals surface area contributed by atoms with E-state index >= 15 is 0 Å². The number of piperazine rings is 1. The molecule has 0 aromatic heterocycles. The van der Waals surface area contributed by atoms with Gasteiger partial charge < -0.3 is 4.90 Å². The van der Waals surface area contributed by atoms with Gasteiger partial charge in [-0.15, -0.1) is 0 Å². The normalized spacial score (nSPS) is 24.5. The second-order valence-corrected chi connectivity index (χ2v) is 5.59. The summed E-state index contributed by atoms with van der Waals surface area (Å²) < 4.78 is 0. The average molecular weight is 284 g/mol. The highest BCUT2D eigenvalue weighted by Crippen LogP contribution is 2.32. The zero-order valence-electron chi connectivity index (χ0n) is 11.3. The number of nitro groups is 1. The van der Waals surface area contributed by atoms with Crippen LogP contribution in [0.15, 0.2) is 18.2 Å². The lowest BCUT2D eigenvalue weighted by molar-refractivity contribution is -0.384. The van der Waals surface area contributed by atoms with Crippen LogP contribution in [0.2, 0.25) is 5.02 Å². The molecule has 0 spiro atoms. The van der Waals surface area contributed by atoms with Gasteiger partial charge in [0.1, 0.15) is 0 Å². The Labute approximate surface area is 117 Å². The van der Waals surface area contributed by atoms with E-state index in [1.807, 2.05) is 0 Å². The Morgan fingerprint density at radius 1 is 1.32 bits per heavy atom. The van der Waals surface area contributed by atoms with Gasteiger partial charge in [0.15, 0.2) is 0 Å². The number of nitrogens with zero attached hydrogens (tertiary/aromatic N) is 3. The summed E-state index contributed by atoms with van der Waals surface area (Å²) in [5.41, 5.74) is 0.906. The maximum atomic E-state index is 10.7. The Balaban J connectivity index is 2.29. The third kappa shape index (κ3) is 2.82. The van der Waals surface area contributed by atoms with Crippen LogP contribution in [0, 0.1) is 10.1 Å². The highest BCUT2D eigenvalue weighted by atomic mass is 35.5. The van der Waals surface area contributed by atoms with E-state index < -0.39 is 4.92 Å². The first-order chi connectivity index (χ1) is 8.90. The molecule has 5 nitrogen and oxygen atoms in total. The predicted molar refractivity (Wildman–Crippen MR) is 77.0 cm³/mol. The molecule has 1 aromatic rings. The monoisotopic (exact) mass is 283 g/mol. The molecule has 1 aliphatic rings. The number of likely N-dealkylation sites (N-methyl/N-ethyl adjacent to an activating group) is 1. The van der Waals surface area contributed by atoms with Gasteiger partial charge in [0.2, 0.25) is 0 Å². The second-order valence-electron chi connectivity index (χ2n) is 5.18. The highest BCUT2D eigenvalue weighted by Gasteiger charge is 2.28. The fourth-order valence-corrected chi connectivity index (χ4v) is 2.76. The third-order valence-corrected chi connectivity index (χ3v) is 4.05. The van der Waals surface area contributed by atoms with Crippen LogP contribution in [-0.2, 0) is 0 Å². The van der Waals surface area contributed by atoms with E-state index in [0.29, 0.717) is 17.1 Å². The SMILES string of the molecule is C[C@@H]1CN(C)[C@@H](C)CN1c1ccc([N+](=O)[O-])cc1Cl. The van der Waals surface area contributed by atoms with Crippen molar-refractivity contribution in [1.29, 1.82) is 0 Å². The molecule has 1 aromatic carbocycles. The zero-order chi connectivity index (χ0) is 14.2. The molecule has 0 bridgehead atoms. The molecule has 0 radical (unpaired) electrons. The van der Waals surface area contributed by atoms with Crippen LogP contribution in [0.1, 0.15) is 13.8 Å². The van der Waals surface area contributed by atoms with Gasteiger partial charge in [-0.1, -0.05) is 11.6 Å². The van der Waals surface area contributed by atoms with Crippen molar-refractivity contribution in [1.82, 2.24) is 4.90 Å². The van der Waals surface area contributed by atoms with Crippen molar-refractivity contribution in [2.75, 3.05) is 25.0 Å². The van der Waals surface area contributed by atoms with Crippen LogP contribution in [-0.4, -0.2) is 42.0 Å². The first kappa shape index (κ1) is 14.1. The summed E-state index contributed by atoms with van der Waals surface area (Å²) >= 11 is 6.20. The Bertz CT molecular complexity index is 495. The molecular formula is C13H18ClN3O2. The van der Waals surface area contributed by atoms with Crippen LogP contribution in [0.5, 0.6) is 0 Å². The zero-order valence-corrected chi connectivity index (χ0v) is 12.1. The van der Waals surface area contributed by atoms with Gasteiger partial charge >= 0.3 is 0 Å². The lowest BCUT2D eigenvalue weighted by Crippen LogP contribution is -2.55. The van der Waals surface area contributed by atoms with Gasteiger partial charge in [-0.3, -0.25) is 15.0 Å². The Morgan fingerprint density at radius 2 is 2.00 bits per heavy atom. The van der Waals surface area contributed by atoms with Crippen LogP contribution in [0.25, 0.3) is 0 Å². The maximum Gasteiger partial charge on any atom is 0.271 e. The fourth-order valence-electron chi connectivity index (χ4n) is 2.48. The molecule has 2 atom stereocenters. The smallest absolute Gasteiger partial charge is 0.271 e. The summed E-state index contributed by atoms with van der Waals surface area (Å²) in [6, 6.07) is 5.45. The lowest BCUT2D eigenvalue weighted by atomic mass is 10.1. The summed E-state index contributed by atoms with van der Waals surface area (Å²) in [6.07, 6.45) is 0. The summed E-state index contributed by atoms with van der Waals surface area (Å²) in [7, 11) is 2.11. The van der Waals surface area contributed by atoms with Crippen LogP contribution in [0.3, 0.4) is 0 Å². The standard InChI is InChI=1S/C13H18ClN3O2/c1-9-8-16(10(2)7-15(9)3)13-5-4-11(17(18)19)6-12(13)14/h4-6,9-10H,7-8H2,1-3H3/t9-,10+/m0/s1. The minimum atomic E-state index is -0.425. The summed E-state index contributed by atoms with van der Waals surface area (Å²) in [6.45, 7) is 6.13. The van der Waals surface area contributed by atoms with Crippen molar-refractivity contribution in [3.8, 4) is 0 Å². The molecule has 0 saturated carbocycles.